The molecule has 7 heteroatoms. The molecule has 2 aromatic heterocycles. The molecule has 0 saturated carbocycles. The van der Waals surface area contributed by atoms with Crippen molar-refractivity contribution in [2.75, 3.05) is 18.8 Å². The molecule has 1 fully saturated rings. The van der Waals surface area contributed by atoms with Crippen molar-refractivity contribution in [3.63, 3.8) is 0 Å². The Labute approximate surface area is 124 Å². The van der Waals surface area contributed by atoms with E-state index >= 15 is 0 Å². The summed E-state index contributed by atoms with van der Waals surface area (Å²) < 4.78 is 26.1. The first kappa shape index (κ1) is 14.5. The number of nitrogens with one attached hydrogen (secondary N) is 1. The van der Waals surface area contributed by atoms with Crippen LogP contribution >= 0.6 is 0 Å². The van der Waals surface area contributed by atoms with Crippen molar-refractivity contribution >= 4 is 21.1 Å². The van der Waals surface area contributed by atoms with Crippen LogP contribution in [0, 0.1) is 0 Å². The summed E-state index contributed by atoms with van der Waals surface area (Å²) in [6, 6.07) is 3.97. The van der Waals surface area contributed by atoms with Crippen molar-refractivity contribution in [3.8, 4) is 0 Å². The molecule has 0 radical (unpaired) electrons. The number of piperidine rings is 1. The zero-order valence-corrected chi connectivity index (χ0v) is 12.9. The van der Waals surface area contributed by atoms with Gasteiger partial charge in [-0.15, -0.1) is 0 Å². The molecule has 1 atom stereocenters. The Morgan fingerprint density at radius 2 is 2.29 bits per heavy atom. The Balaban J connectivity index is 1.82. The van der Waals surface area contributed by atoms with Crippen molar-refractivity contribution in [1.82, 2.24) is 19.5 Å². The fourth-order valence-electron chi connectivity index (χ4n) is 2.89. The number of rotatable bonds is 4. The number of hydrogen-bond donors (Lipinski definition) is 1. The Morgan fingerprint density at radius 1 is 1.43 bits per heavy atom. The molecule has 114 valence electrons. The second-order valence-corrected chi connectivity index (χ2v) is 7.65. The summed E-state index contributed by atoms with van der Waals surface area (Å²) in [6.07, 6.45) is 4.26. The van der Waals surface area contributed by atoms with Crippen LogP contribution in [0.3, 0.4) is 0 Å². The molecule has 3 heterocycles. The van der Waals surface area contributed by atoms with Crippen LogP contribution in [0.5, 0.6) is 0 Å². The Morgan fingerprint density at radius 3 is 3.10 bits per heavy atom. The molecular weight excluding hydrogens is 288 g/mol. The van der Waals surface area contributed by atoms with E-state index in [1.54, 1.807) is 10.5 Å². The van der Waals surface area contributed by atoms with Crippen molar-refractivity contribution in [2.24, 2.45) is 0 Å². The molecule has 1 N–H and O–H groups in total. The highest BCUT2D eigenvalue weighted by Gasteiger charge is 2.29. The van der Waals surface area contributed by atoms with E-state index in [1.165, 1.54) is 0 Å². The Hall–Kier alpha value is -1.47. The van der Waals surface area contributed by atoms with E-state index in [2.05, 4.69) is 15.2 Å². The maximum Gasteiger partial charge on any atom is 0.214 e. The lowest BCUT2D eigenvalue weighted by atomic mass is 9.95. The maximum atomic E-state index is 12.2. The first-order valence-corrected chi connectivity index (χ1v) is 8.99. The first-order valence-electron chi connectivity index (χ1n) is 7.38. The predicted octanol–water partition coefficient (Wildman–Crippen LogP) is 1.88. The molecule has 0 amide bonds. The molecule has 0 bridgehead atoms. The van der Waals surface area contributed by atoms with Gasteiger partial charge in [-0.05, 0) is 31.4 Å². The SMILES string of the molecule is CCCS(=O)(=O)N1CCC[C@H](c2ccc3cn[nH]c3n2)C1. The number of sulfonamides is 1. The second kappa shape index (κ2) is 5.73. The Kier molecular flexibility index (Phi) is 3.95. The van der Waals surface area contributed by atoms with Gasteiger partial charge in [-0.1, -0.05) is 6.92 Å². The minimum Gasteiger partial charge on any atom is -0.261 e. The van der Waals surface area contributed by atoms with E-state index in [4.69, 9.17) is 0 Å². The van der Waals surface area contributed by atoms with Crippen LogP contribution in [0.1, 0.15) is 37.8 Å². The number of pyridine rings is 1. The summed E-state index contributed by atoms with van der Waals surface area (Å²) in [4.78, 5) is 4.58. The van der Waals surface area contributed by atoms with Crippen LogP contribution in [0.2, 0.25) is 0 Å². The third-order valence-corrected chi connectivity index (χ3v) is 6.02. The number of nitrogens with zero attached hydrogens (tertiary/aromatic N) is 3. The molecule has 0 aliphatic carbocycles. The molecule has 0 unspecified atom stereocenters. The molecule has 1 saturated heterocycles. The summed E-state index contributed by atoms with van der Waals surface area (Å²) in [5.74, 6) is 0.394. The number of aromatic amines is 1. The number of hydrogen-bond acceptors (Lipinski definition) is 4. The highest BCUT2D eigenvalue weighted by molar-refractivity contribution is 7.89. The topological polar surface area (TPSA) is 79.0 Å². The number of H-pyrrole nitrogens is 1. The molecule has 3 rings (SSSR count). The minimum absolute atomic E-state index is 0.165. The largest absolute Gasteiger partial charge is 0.261 e. The van der Waals surface area contributed by atoms with Crippen molar-refractivity contribution in [1.29, 1.82) is 0 Å². The van der Waals surface area contributed by atoms with Gasteiger partial charge in [-0.3, -0.25) is 5.10 Å². The lowest BCUT2D eigenvalue weighted by Crippen LogP contribution is -2.40. The highest BCUT2D eigenvalue weighted by atomic mass is 32.2. The number of fused-ring (bicyclic) bond motifs is 1. The van der Waals surface area contributed by atoms with Gasteiger partial charge in [0.25, 0.3) is 0 Å². The standard InChI is InChI=1S/C14H20N4O2S/c1-2-8-21(19,20)18-7-3-4-12(10-18)13-6-5-11-9-15-17-14(11)16-13/h5-6,9,12H,2-4,7-8,10H2,1H3,(H,15,16,17)/t12-/m0/s1. The summed E-state index contributed by atoms with van der Waals surface area (Å²) in [5, 5.41) is 7.82. The summed E-state index contributed by atoms with van der Waals surface area (Å²) >= 11 is 0. The third-order valence-electron chi connectivity index (χ3n) is 3.98. The van der Waals surface area contributed by atoms with Crippen molar-refractivity contribution in [3.05, 3.63) is 24.0 Å². The fraction of sp³-hybridized carbons (Fsp3) is 0.571. The minimum atomic E-state index is -3.12. The molecule has 2 aromatic rings. The third kappa shape index (κ3) is 2.94. The molecule has 6 nitrogen and oxygen atoms in total. The summed E-state index contributed by atoms with van der Waals surface area (Å²) in [5.41, 5.74) is 1.71. The van der Waals surface area contributed by atoms with E-state index in [0.717, 1.165) is 29.6 Å². The van der Waals surface area contributed by atoms with Crippen LogP contribution < -0.4 is 0 Å². The van der Waals surface area contributed by atoms with E-state index in [9.17, 15) is 8.42 Å². The summed E-state index contributed by atoms with van der Waals surface area (Å²) in [6.45, 7) is 3.06. The zero-order valence-electron chi connectivity index (χ0n) is 12.1. The van der Waals surface area contributed by atoms with Gasteiger partial charge < -0.3 is 0 Å². The van der Waals surface area contributed by atoms with Crippen LogP contribution in [0.4, 0.5) is 0 Å². The van der Waals surface area contributed by atoms with Gasteiger partial charge in [-0.25, -0.2) is 17.7 Å². The van der Waals surface area contributed by atoms with E-state index in [1.807, 2.05) is 19.1 Å². The molecule has 0 spiro atoms. The van der Waals surface area contributed by atoms with E-state index < -0.39 is 10.0 Å². The van der Waals surface area contributed by atoms with E-state index in [-0.39, 0.29) is 11.7 Å². The molecule has 0 aromatic carbocycles. The molecule has 1 aliphatic heterocycles. The van der Waals surface area contributed by atoms with Gasteiger partial charge in [0.2, 0.25) is 10.0 Å². The highest BCUT2D eigenvalue weighted by Crippen LogP contribution is 2.28. The average Bonchev–Trinajstić information content (AvgIpc) is 2.94. The van der Waals surface area contributed by atoms with Gasteiger partial charge in [0.15, 0.2) is 5.65 Å². The average molecular weight is 308 g/mol. The zero-order chi connectivity index (χ0) is 14.9. The van der Waals surface area contributed by atoms with Crippen molar-refractivity contribution in [2.45, 2.75) is 32.1 Å². The van der Waals surface area contributed by atoms with Gasteiger partial charge in [-0.2, -0.15) is 5.10 Å². The van der Waals surface area contributed by atoms with Crippen LogP contribution in [0.25, 0.3) is 11.0 Å². The predicted molar refractivity (Wildman–Crippen MR) is 81.5 cm³/mol. The van der Waals surface area contributed by atoms with Crippen LogP contribution in [0.15, 0.2) is 18.3 Å². The Bertz CT molecular complexity index is 725. The quantitative estimate of drug-likeness (QED) is 0.935. The molecule has 1 aliphatic rings. The van der Waals surface area contributed by atoms with Crippen LogP contribution in [-0.2, 0) is 10.0 Å². The van der Waals surface area contributed by atoms with Gasteiger partial charge >= 0.3 is 0 Å². The van der Waals surface area contributed by atoms with Crippen LogP contribution in [-0.4, -0.2) is 46.7 Å². The normalized spacial score (nSPS) is 20.9. The van der Waals surface area contributed by atoms with Crippen molar-refractivity contribution < 1.29 is 8.42 Å². The van der Waals surface area contributed by atoms with Gasteiger partial charge in [0, 0.05) is 30.1 Å². The maximum absolute atomic E-state index is 12.2. The molecular formula is C14H20N4O2S. The lowest BCUT2D eigenvalue weighted by Gasteiger charge is -2.31. The van der Waals surface area contributed by atoms with Gasteiger partial charge in [0.05, 0.1) is 11.9 Å². The lowest BCUT2D eigenvalue weighted by molar-refractivity contribution is 0.313. The number of aromatic nitrogens is 3. The molecule has 21 heavy (non-hydrogen) atoms. The summed E-state index contributed by atoms with van der Waals surface area (Å²) in [7, 11) is -3.12. The first-order chi connectivity index (χ1) is 10.1. The monoisotopic (exact) mass is 308 g/mol. The van der Waals surface area contributed by atoms with E-state index in [0.29, 0.717) is 19.5 Å². The fourth-order valence-corrected chi connectivity index (χ4v) is 4.48. The van der Waals surface area contributed by atoms with Gasteiger partial charge in [0.1, 0.15) is 0 Å². The smallest absolute Gasteiger partial charge is 0.214 e. The second-order valence-electron chi connectivity index (χ2n) is 5.56.